The molecule has 3 N–H and O–H groups in total. The number of anilines is 2. The second-order valence-corrected chi connectivity index (χ2v) is 4.78. The summed E-state index contributed by atoms with van der Waals surface area (Å²) in [7, 11) is 0. The SMILES string of the molecule is CCN(CC)c1ncccc1CNc1ncccc1C(N)=O. The molecule has 0 aromatic carbocycles. The molecule has 0 fully saturated rings. The molecule has 0 aliphatic heterocycles. The van der Waals surface area contributed by atoms with Crippen LogP contribution in [0.15, 0.2) is 36.7 Å². The zero-order chi connectivity index (χ0) is 15.9. The van der Waals surface area contributed by atoms with Crippen molar-refractivity contribution in [2.45, 2.75) is 20.4 Å². The van der Waals surface area contributed by atoms with E-state index >= 15 is 0 Å². The number of carbonyl (C=O) groups is 1. The molecule has 6 heteroatoms. The van der Waals surface area contributed by atoms with Crippen molar-refractivity contribution < 1.29 is 4.79 Å². The largest absolute Gasteiger partial charge is 0.365 e. The molecule has 0 atom stereocenters. The fourth-order valence-electron chi connectivity index (χ4n) is 2.30. The molecule has 0 saturated heterocycles. The van der Waals surface area contributed by atoms with Gasteiger partial charge in [-0.3, -0.25) is 4.79 Å². The Morgan fingerprint density at radius 1 is 1.18 bits per heavy atom. The summed E-state index contributed by atoms with van der Waals surface area (Å²) in [4.78, 5) is 22.3. The minimum absolute atomic E-state index is 0.385. The van der Waals surface area contributed by atoms with Crippen molar-refractivity contribution in [3.05, 3.63) is 47.8 Å². The van der Waals surface area contributed by atoms with E-state index in [4.69, 9.17) is 5.73 Å². The molecule has 0 aliphatic rings. The highest BCUT2D eigenvalue weighted by Crippen LogP contribution is 2.19. The lowest BCUT2D eigenvalue weighted by Gasteiger charge is -2.22. The van der Waals surface area contributed by atoms with Crippen molar-refractivity contribution in [3.8, 4) is 0 Å². The lowest BCUT2D eigenvalue weighted by Crippen LogP contribution is -2.25. The molecule has 6 nitrogen and oxygen atoms in total. The second kappa shape index (κ2) is 7.40. The van der Waals surface area contributed by atoms with E-state index < -0.39 is 5.91 Å². The minimum atomic E-state index is -0.495. The Balaban J connectivity index is 2.21. The summed E-state index contributed by atoms with van der Waals surface area (Å²) in [6.07, 6.45) is 3.41. The fraction of sp³-hybridized carbons (Fsp3) is 0.312. The molecule has 2 rings (SSSR count). The first-order chi connectivity index (χ1) is 10.7. The van der Waals surface area contributed by atoms with E-state index in [1.165, 1.54) is 0 Å². The van der Waals surface area contributed by atoms with Crippen LogP contribution >= 0.6 is 0 Å². The Hall–Kier alpha value is -2.63. The molecule has 0 radical (unpaired) electrons. The quantitative estimate of drug-likeness (QED) is 0.817. The first-order valence-corrected chi connectivity index (χ1v) is 7.34. The van der Waals surface area contributed by atoms with Gasteiger partial charge in [-0.15, -0.1) is 0 Å². The van der Waals surface area contributed by atoms with Crippen LogP contribution in [-0.2, 0) is 6.54 Å². The molecule has 2 aromatic rings. The third kappa shape index (κ3) is 3.52. The molecule has 1 amide bonds. The van der Waals surface area contributed by atoms with Crippen LogP contribution in [0.3, 0.4) is 0 Å². The standard InChI is InChI=1S/C16H21N5O/c1-3-21(4-2)16-12(7-5-10-19-16)11-20-15-13(14(17)22)8-6-9-18-15/h5-10H,3-4,11H2,1-2H3,(H2,17,22)(H,18,20). The van der Waals surface area contributed by atoms with Gasteiger partial charge in [0.05, 0.1) is 5.56 Å². The number of primary amides is 1. The first kappa shape index (κ1) is 15.8. The topological polar surface area (TPSA) is 84.1 Å². The summed E-state index contributed by atoms with van der Waals surface area (Å²) in [5.74, 6) is 0.937. The number of nitrogens with two attached hydrogens (primary N) is 1. The van der Waals surface area contributed by atoms with Crippen LogP contribution in [0.5, 0.6) is 0 Å². The number of carbonyl (C=O) groups excluding carboxylic acids is 1. The lowest BCUT2D eigenvalue weighted by molar-refractivity contribution is 0.100. The zero-order valence-electron chi connectivity index (χ0n) is 12.9. The molecular formula is C16H21N5O. The van der Waals surface area contributed by atoms with E-state index in [2.05, 4.69) is 34.0 Å². The van der Waals surface area contributed by atoms with Gasteiger partial charge in [0.15, 0.2) is 0 Å². The van der Waals surface area contributed by atoms with Gasteiger partial charge < -0.3 is 16.0 Å². The van der Waals surface area contributed by atoms with Crippen molar-refractivity contribution in [1.29, 1.82) is 0 Å². The van der Waals surface area contributed by atoms with Crippen molar-refractivity contribution in [3.63, 3.8) is 0 Å². The maximum Gasteiger partial charge on any atom is 0.252 e. The van der Waals surface area contributed by atoms with Crippen molar-refractivity contribution in [2.75, 3.05) is 23.3 Å². The van der Waals surface area contributed by atoms with Gasteiger partial charge in [0, 0.05) is 37.6 Å². The van der Waals surface area contributed by atoms with Crippen LogP contribution in [0.2, 0.25) is 0 Å². The van der Waals surface area contributed by atoms with Crippen LogP contribution in [-0.4, -0.2) is 29.0 Å². The monoisotopic (exact) mass is 299 g/mol. The van der Waals surface area contributed by atoms with Crippen LogP contribution in [0.4, 0.5) is 11.6 Å². The summed E-state index contributed by atoms with van der Waals surface area (Å²) < 4.78 is 0. The Bertz CT molecular complexity index is 640. The van der Waals surface area contributed by atoms with Crippen LogP contribution in [0.25, 0.3) is 0 Å². The first-order valence-electron chi connectivity index (χ1n) is 7.34. The average Bonchev–Trinajstić information content (AvgIpc) is 2.55. The summed E-state index contributed by atoms with van der Waals surface area (Å²) in [5, 5.41) is 3.18. The number of hydrogen-bond acceptors (Lipinski definition) is 5. The van der Waals surface area contributed by atoms with Crippen molar-refractivity contribution in [2.24, 2.45) is 5.73 Å². The summed E-state index contributed by atoms with van der Waals surface area (Å²) in [6.45, 7) is 6.49. The molecule has 2 aromatic heterocycles. The van der Waals surface area contributed by atoms with Gasteiger partial charge in [-0.1, -0.05) is 6.07 Å². The summed E-state index contributed by atoms with van der Waals surface area (Å²) >= 11 is 0. The van der Waals surface area contributed by atoms with Crippen molar-refractivity contribution >= 4 is 17.5 Å². The van der Waals surface area contributed by atoms with Gasteiger partial charge in [-0.05, 0) is 32.0 Å². The molecule has 0 saturated carbocycles. The van der Waals surface area contributed by atoms with Gasteiger partial charge >= 0.3 is 0 Å². The van der Waals surface area contributed by atoms with Crippen LogP contribution < -0.4 is 16.0 Å². The molecule has 0 spiro atoms. The van der Waals surface area contributed by atoms with Gasteiger partial charge in [0.1, 0.15) is 11.6 Å². The van der Waals surface area contributed by atoms with E-state index in [-0.39, 0.29) is 0 Å². The Labute approximate surface area is 130 Å². The van der Waals surface area contributed by atoms with Crippen molar-refractivity contribution in [1.82, 2.24) is 9.97 Å². The molecule has 0 unspecified atom stereocenters. The van der Waals surface area contributed by atoms with E-state index in [0.717, 1.165) is 24.5 Å². The second-order valence-electron chi connectivity index (χ2n) is 4.78. The zero-order valence-corrected chi connectivity index (χ0v) is 12.9. The highest BCUT2D eigenvalue weighted by atomic mass is 16.1. The van der Waals surface area contributed by atoms with Crippen LogP contribution in [0, 0.1) is 0 Å². The van der Waals surface area contributed by atoms with E-state index in [9.17, 15) is 4.79 Å². The average molecular weight is 299 g/mol. The Morgan fingerprint density at radius 2 is 1.86 bits per heavy atom. The Morgan fingerprint density at radius 3 is 2.55 bits per heavy atom. The predicted molar refractivity (Wildman–Crippen MR) is 87.9 cm³/mol. The van der Waals surface area contributed by atoms with Gasteiger partial charge in [-0.25, -0.2) is 9.97 Å². The maximum absolute atomic E-state index is 11.4. The Kier molecular flexibility index (Phi) is 5.30. The number of nitrogens with zero attached hydrogens (tertiary/aromatic N) is 3. The molecular weight excluding hydrogens is 278 g/mol. The minimum Gasteiger partial charge on any atom is -0.365 e. The normalized spacial score (nSPS) is 10.3. The highest BCUT2D eigenvalue weighted by molar-refractivity contribution is 5.97. The lowest BCUT2D eigenvalue weighted by atomic mass is 10.2. The molecule has 2 heterocycles. The number of rotatable bonds is 7. The van der Waals surface area contributed by atoms with E-state index in [1.807, 2.05) is 12.1 Å². The maximum atomic E-state index is 11.4. The third-order valence-electron chi connectivity index (χ3n) is 3.45. The smallest absolute Gasteiger partial charge is 0.252 e. The van der Waals surface area contributed by atoms with Gasteiger partial charge in [0.25, 0.3) is 5.91 Å². The number of hydrogen-bond donors (Lipinski definition) is 2. The molecule has 0 aliphatic carbocycles. The van der Waals surface area contributed by atoms with E-state index in [1.54, 1.807) is 24.5 Å². The summed E-state index contributed by atoms with van der Waals surface area (Å²) in [6, 6.07) is 7.26. The predicted octanol–water partition coefficient (Wildman–Crippen LogP) is 2.03. The number of amides is 1. The van der Waals surface area contributed by atoms with E-state index in [0.29, 0.717) is 17.9 Å². The number of nitrogens with one attached hydrogen (secondary N) is 1. The highest BCUT2D eigenvalue weighted by Gasteiger charge is 2.12. The summed E-state index contributed by atoms with van der Waals surface area (Å²) in [5.41, 5.74) is 6.80. The van der Waals surface area contributed by atoms with Crippen LogP contribution in [0.1, 0.15) is 29.8 Å². The third-order valence-corrected chi connectivity index (χ3v) is 3.45. The molecule has 0 bridgehead atoms. The molecule has 116 valence electrons. The number of aromatic nitrogens is 2. The van der Waals surface area contributed by atoms with Gasteiger partial charge in [0.2, 0.25) is 0 Å². The van der Waals surface area contributed by atoms with Gasteiger partial charge in [-0.2, -0.15) is 0 Å². The fourth-order valence-corrected chi connectivity index (χ4v) is 2.30. The number of pyridine rings is 2. The molecule has 22 heavy (non-hydrogen) atoms.